The van der Waals surface area contributed by atoms with Crippen molar-refractivity contribution in [1.29, 1.82) is 0 Å². The molecule has 3 rings (SSSR count). The van der Waals surface area contributed by atoms with Gasteiger partial charge in [0.05, 0.1) is 18.6 Å². The van der Waals surface area contributed by atoms with Gasteiger partial charge in [0.15, 0.2) is 0 Å². The third-order valence-corrected chi connectivity index (χ3v) is 4.18. The summed E-state index contributed by atoms with van der Waals surface area (Å²) < 4.78 is 7.79. The minimum atomic E-state index is 0.639. The van der Waals surface area contributed by atoms with Crippen molar-refractivity contribution in [3.05, 3.63) is 84.3 Å². The second-order valence-electron chi connectivity index (χ2n) is 4.83. The normalized spacial score (nSPS) is 11.4. The van der Waals surface area contributed by atoms with Gasteiger partial charge in [-0.25, -0.2) is 4.98 Å². The maximum Gasteiger partial charge on any atom is 0.128 e. The molecule has 0 aliphatic carbocycles. The minimum Gasteiger partial charge on any atom is -0.493 e. The third kappa shape index (κ3) is 3.85. The average molecular weight is 322 g/mol. The highest BCUT2D eigenvalue weighted by molar-refractivity contribution is 8.02. The van der Waals surface area contributed by atoms with Gasteiger partial charge in [0.2, 0.25) is 0 Å². The van der Waals surface area contributed by atoms with Crippen LogP contribution in [0.5, 0.6) is 5.75 Å². The van der Waals surface area contributed by atoms with Crippen LogP contribution in [0.2, 0.25) is 0 Å². The van der Waals surface area contributed by atoms with Crippen molar-refractivity contribution in [2.75, 3.05) is 6.61 Å². The Morgan fingerprint density at radius 3 is 2.65 bits per heavy atom. The van der Waals surface area contributed by atoms with Crippen molar-refractivity contribution < 1.29 is 4.74 Å². The van der Waals surface area contributed by atoms with Crippen LogP contribution in [0, 0.1) is 0 Å². The van der Waals surface area contributed by atoms with E-state index in [1.54, 1.807) is 24.3 Å². The van der Waals surface area contributed by atoms with E-state index in [1.807, 2.05) is 54.1 Å². The smallest absolute Gasteiger partial charge is 0.128 e. The zero-order valence-corrected chi connectivity index (χ0v) is 13.7. The van der Waals surface area contributed by atoms with Crippen molar-refractivity contribution in [1.82, 2.24) is 9.55 Å². The standard InChI is InChI=1S/C19H18N2OS/c1-2-22-19-11-7-6-10-17(19)18(21-13-12-20-15-21)14-23-16-8-4-3-5-9-16/h3-15H,2H2,1H3. The van der Waals surface area contributed by atoms with E-state index in [2.05, 4.69) is 28.6 Å². The van der Waals surface area contributed by atoms with E-state index >= 15 is 0 Å². The third-order valence-electron chi connectivity index (χ3n) is 3.30. The fourth-order valence-electron chi connectivity index (χ4n) is 2.25. The molecule has 1 aromatic heterocycles. The number of nitrogens with zero attached hydrogens (tertiary/aromatic N) is 2. The summed E-state index contributed by atoms with van der Waals surface area (Å²) in [6.07, 6.45) is 5.53. The largest absolute Gasteiger partial charge is 0.493 e. The Labute approximate surface area is 140 Å². The van der Waals surface area contributed by atoms with Crippen LogP contribution in [0.1, 0.15) is 12.5 Å². The molecule has 3 aromatic rings. The van der Waals surface area contributed by atoms with Gasteiger partial charge in [0.1, 0.15) is 5.75 Å². The van der Waals surface area contributed by atoms with Crippen molar-refractivity contribution >= 4 is 17.5 Å². The van der Waals surface area contributed by atoms with E-state index in [0.29, 0.717) is 6.61 Å². The Hall–Kier alpha value is -2.46. The zero-order valence-electron chi connectivity index (χ0n) is 12.9. The molecule has 0 N–H and O–H groups in total. The van der Waals surface area contributed by atoms with Crippen molar-refractivity contribution in [3.63, 3.8) is 0 Å². The van der Waals surface area contributed by atoms with Gasteiger partial charge >= 0.3 is 0 Å². The average Bonchev–Trinajstić information content (AvgIpc) is 3.12. The molecule has 0 aliphatic rings. The first kappa shape index (κ1) is 15.4. The summed E-state index contributed by atoms with van der Waals surface area (Å²) in [6, 6.07) is 18.4. The van der Waals surface area contributed by atoms with Crippen LogP contribution in [0.4, 0.5) is 0 Å². The van der Waals surface area contributed by atoms with Crippen molar-refractivity contribution in [2.45, 2.75) is 11.8 Å². The first-order valence-electron chi connectivity index (χ1n) is 7.51. The molecule has 23 heavy (non-hydrogen) atoms. The number of imidazole rings is 1. The molecule has 0 radical (unpaired) electrons. The molecular weight excluding hydrogens is 304 g/mol. The van der Waals surface area contributed by atoms with Gasteiger partial charge < -0.3 is 9.30 Å². The molecule has 3 nitrogen and oxygen atoms in total. The van der Waals surface area contributed by atoms with Crippen LogP contribution in [0.3, 0.4) is 0 Å². The molecule has 0 aliphatic heterocycles. The second-order valence-corrected chi connectivity index (χ2v) is 5.78. The van der Waals surface area contributed by atoms with Crippen LogP contribution in [-0.4, -0.2) is 16.2 Å². The van der Waals surface area contributed by atoms with E-state index < -0.39 is 0 Å². The molecule has 116 valence electrons. The van der Waals surface area contributed by atoms with Gasteiger partial charge in [-0.2, -0.15) is 0 Å². The topological polar surface area (TPSA) is 27.1 Å². The molecule has 0 saturated heterocycles. The van der Waals surface area contributed by atoms with E-state index in [9.17, 15) is 0 Å². The van der Waals surface area contributed by atoms with Gasteiger partial charge in [-0.05, 0) is 31.2 Å². The van der Waals surface area contributed by atoms with E-state index in [-0.39, 0.29) is 0 Å². The number of benzene rings is 2. The molecule has 0 bridgehead atoms. The lowest BCUT2D eigenvalue weighted by Gasteiger charge is -2.14. The zero-order chi connectivity index (χ0) is 15.9. The first-order valence-corrected chi connectivity index (χ1v) is 8.39. The molecule has 0 amide bonds. The summed E-state index contributed by atoms with van der Waals surface area (Å²) in [6.45, 7) is 2.64. The Balaban J connectivity index is 2.00. The minimum absolute atomic E-state index is 0.639. The quantitative estimate of drug-likeness (QED) is 0.603. The maximum absolute atomic E-state index is 5.78. The molecule has 0 atom stereocenters. The summed E-state index contributed by atoms with van der Waals surface area (Å²) in [5, 5.41) is 2.13. The Kier molecular flexibility index (Phi) is 5.17. The molecule has 0 spiro atoms. The van der Waals surface area contributed by atoms with Gasteiger partial charge in [-0.3, -0.25) is 0 Å². The highest BCUT2D eigenvalue weighted by Crippen LogP contribution is 2.31. The van der Waals surface area contributed by atoms with Crippen LogP contribution in [0.15, 0.2) is 83.6 Å². The summed E-state index contributed by atoms with van der Waals surface area (Å²) in [5.41, 5.74) is 2.09. The summed E-state index contributed by atoms with van der Waals surface area (Å²) in [4.78, 5) is 5.36. The lowest BCUT2D eigenvalue weighted by molar-refractivity contribution is 0.339. The highest BCUT2D eigenvalue weighted by atomic mass is 32.2. The van der Waals surface area contributed by atoms with Crippen LogP contribution in [-0.2, 0) is 0 Å². The molecule has 0 unspecified atom stereocenters. The van der Waals surface area contributed by atoms with Crippen LogP contribution in [0.25, 0.3) is 5.70 Å². The summed E-state index contributed by atoms with van der Waals surface area (Å²) in [7, 11) is 0. The van der Waals surface area contributed by atoms with Gasteiger partial charge in [0, 0.05) is 28.3 Å². The molecule has 4 heteroatoms. The number of thioether (sulfide) groups is 1. The van der Waals surface area contributed by atoms with Crippen LogP contribution < -0.4 is 4.74 Å². The highest BCUT2D eigenvalue weighted by Gasteiger charge is 2.10. The lowest BCUT2D eigenvalue weighted by atomic mass is 10.1. The fourth-order valence-corrected chi connectivity index (χ4v) is 3.06. The summed E-state index contributed by atoms with van der Waals surface area (Å²) >= 11 is 1.68. The molecular formula is C19H18N2OS. The number of hydrogen-bond donors (Lipinski definition) is 0. The van der Waals surface area contributed by atoms with E-state index in [1.165, 1.54) is 4.90 Å². The molecule has 2 aromatic carbocycles. The Bertz CT molecular complexity index is 767. The van der Waals surface area contributed by atoms with Crippen LogP contribution >= 0.6 is 11.8 Å². The van der Waals surface area contributed by atoms with Crippen molar-refractivity contribution in [3.8, 4) is 5.75 Å². The van der Waals surface area contributed by atoms with E-state index in [0.717, 1.165) is 17.0 Å². The van der Waals surface area contributed by atoms with Gasteiger partial charge in [-0.15, -0.1) is 0 Å². The monoisotopic (exact) mass is 322 g/mol. The Morgan fingerprint density at radius 1 is 1.13 bits per heavy atom. The predicted molar refractivity (Wildman–Crippen MR) is 95.5 cm³/mol. The SMILES string of the molecule is CCOc1ccccc1C(=CSc1ccccc1)n1ccnc1. The Morgan fingerprint density at radius 2 is 1.91 bits per heavy atom. The van der Waals surface area contributed by atoms with Gasteiger partial charge in [-0.1, -0.05) is 42.1 Å². The molecule has 0 saturated carbocycles. The summed E-state index contributed by atoms with van der Waals surface area (Å²) in [5.74, 6) is 0.878. The van der Waals surface area contributed by atoms with E-state index in [4.69, 9.17) is 4.74 Å². The fraction of sp³-hybridized carbons (Fsp3) is 0.105. The number of hydrogen-bond acceptors (Lipinski definition) is 3. The van der Waals surface area contributed by atoms with Gasteiger partial charge in [0.25, 0.3) is 0 Å². The maximum atomic E-state index is 5.78. The number of para-hydroxylation sites is 1. The number of aromatic nitrogens is 2. The predicted octanol–water partition coefficient (Wildman–Crippen LogP) is 4.92. The van der Waals surface area contributed by atoms with Crippen molar-refractivity contribution in [2.24, 2.45) is 0 Å². The molecule has 1 heterocycles. The number of ether oxygens (including phenoxy) is 1. The lowest BCUT2D eigenvalue weighted by Crippen LogP contribution is -2.01. The second kappa shape index (κ2) is 7.70. The number of rotatable bonds is 6. The first-order chi connectivity index (χ1) is 11.4. The molecule has 0 fully saturated rings.